The lowest BCUT2D eigenvalue weighted by molar-refractivity contribution is -0.145. The van der Waals surface area contributed by atoms with Crippen LogP contribution in [0.4, 0.5) is 0 Å². The van der Waals surface area contributed by atoms with Gasteiger partial charge in [0, 0.05) is 19.1 Å². The monoisotopic (exact) mass is 288 g/mol. The van der Waals surface area contributed by atoms with Crippen LogP contribution in [0.5, 0.6) is 0 Å². The number of likely N-dealkylation sites (tertiary alicyclic amines) is 1. The van der Waals surface area contributed by atoms with Gasteiger partial charge in [-0.2, -0.15) is 0 Å². The molecule has 114 valence electrons. The number of likely N-dealkylation sites (N-methyl/N-ethyl adjacent to an activating group) is 1. The van der Waals surface area contributed by atoms with E-state index in [1.165, 1.54) is 19.3 Å². The standard InChI is InChI=1S/C17H24N2O2/c1-18-17(16(20)21,14-5-3-2-4-6-14)9-10-19-12-13-7-8-15(19)11-13/h2-6,13,15,18H,7-12H2,1H3,(H,20,21). The van der Waals surface area contributed by atoms with Gasteiger partial charge in [0.2, 0.25) is 0 Å². The van der Waals surface area contributed by atoms with Crippen molar-refractivity contribution >= 4 is 5.97 Å². The molecule has 1 aromatic carbocycles. The van der Waals surface area contributed by atoms with Gasteiger partial charge >= 0.3 is 5.97 Å². The number of hydrogen-bond donors (Lipinski definition) is 2. The van der Waals surface area contributed by atoms with Crippen LogP contribution in [0.25, 0.3) is 0 Å². The van der Waals surface area contributed by atoms with Crippen molar-refractivity contribution in [1.82, 2.24) is 10.2 Å². The molecule has 0 radical (unpaired) electrons. The van der Waals surface area contributed by atoms with E-state index >= 15 is 0 Å². The Morgan fingerprint density at radius 3 is 2.67 bits per heavy atom. The highest BCUT2D eigenvalue weighted by molar-refractivity contribution is 5.80. The number of piperidine rings is 1. The van der Waals surface area contributed by atoms with Gasteiger partial charge in [0.1, 0.15) is 5.54 Å². The van der Waals surface area contributed by atoms with Crippen molar-refractivity contribution < 1.29 is 9.90 Å². The summed E-state index contributed by atoms with van der Waals surface area (Å²) in [4.78, 5) is 14.4. The largest absolute Gasteiger partial charge is 0.480 e. The maximum absolute atomic E-state index is 11.9. The van der Waals surface area contributed by atoms with Crippen molar-refractivity contribution in [3.8, 4) is 0 Å². The van der Waals surface area contributed by atoms with Gasteiger partial charge in [-0.05, 0) is 44.2 Å². The summed E-state index contributed by atoms with van der Waals surface area (Å²) in [5.74, 6) is 0.0566. The average Bonchev–Trinajstić information content (AvgIpc) is 3.12. The van der Waals surface area contributed by atoms with Gasteiger partial charge in [0.05, 0.1) is 0 Å². The van der Waals surface area contributed by atoms with Crippen molar-refractivity contribution in [3.05, 3.63) is 35.9 Å². The lowest BCUT2D eigenvalue weighted by atomic mass is 9.86. The fourth-order valence-electron chi connectivity index (χ4n) is 4.09. The topological polar surface area (TPSA) is 52.6 Å². The third-order valence-corrected chi connectivity index (χ3v) is 5.36. The number of benzene rings is 1. The number of nitrogens with zero attached hydrogens (tertiary/aromatic N) is 1. The summed E-state index contributed by atoms with van der Waals surface area (Å²) in [5.41, 5.74) is -0.146. The molecule has 21 heavy (non-hydrogen) atoms. The number of carboxylic acids is 1. The van der Waals surface area contributed by atoms with Crippen molar-refractivity contribution in [1.29, 1.82) is 0 Å². The maximum atomic E-state index is 11.9. The Bertz CT molecular complexity index is 505. The summed E-state index contributed by atoms with van der Waals surface area (Å²) in [6, 6.07) is 10.2. The van der Waals surface area contributed by atoms with Gasteiger partial charge in [-0.25, -0.2) is 4.79 Å². The minimum absolute atomic E-state index is 0.603. The van der Waals surface area contributed by atoms with E-state index in [1.807, 2.05) is 30.3 Å². The molecule has 0 spiro atoms. The van der Waals surface area contributed by atoms with Crippen LogP contribution >= 0.6 is 0 Å². The van der Waals surface area contributed by atoms with Gasteiger partial charge in [-0.3, -0.25) is 0 Å². The molecule has 1 saturated heterocycles. The number of carbonyl (C=O) groups is 1. The maximum Gasteiger partial charge on any atom is 0.328 e. The smallest absolute Gasteiger partial charge is 0.328 e. The van der Waals surface area contributed by atoms with Crippen LogP contribution in [0, 0.1) is 5.92 Å². The van der Waals surface area contributed by atoms with Crippen LogP contribution in [0.3, 0.4) is 0 Å². The predicted octanol–water partition coefficient (Wildman–Crippen LogP) is 2.06. The minimum Gasteiger partial charge on any atom is -0.480 e. The molecular formula is C17H24N2O2. The summed E-state index contributed by atoms with van der Waals surface area (Å²) < 4.78 is 0. The van der Waals surface area contributed by atoms with E-state index in [0.717, 1.165) is 24.6 Å². The molecule has 1 heterocycles. The number of aliphatic carboxylic acids is 1. The molecule has 1 saturated carbocycles. The van der Waals surface area contributed by atoms with Crippen molar-refractivity contribution in [2.24, 2.45) is 5.92 Å². The number of hydrogen-bond acceptors (Lipinski definition) is 3. The first-order valence-electron chi connectivity index (χ1n) is 7.87. The lowest BCUT2D eigenvalue weighted by Crippen LogP contribution is -2.50. The van der Waals surface area contributed by atoms with Crippen molar-refractivity contribution in [3.63, 3.8) is 0 Å². The zero-order valence-electron chi connectivity index (χ0n) is 12.6. The second kappa shape index (κ2) is 5.78. The van der Waals surface area contributed by atoms with E-state index in [-0.39, 0.29) is 0 Å². The lowest BCUT2D eigenvalue weighted by Gasteiger charge is -2.34. The normalized spacial score (nSPS) is 27.7. The molecule has 3 unspecified atom stereocenters. The Labute approximate surface area is 126 Å². The highest BCUT2D eigenvalue weighted by Gasteiger charge is 2.42. The van der Waals surface area contributed by atoms with Crippen molar-refractivity contribution in [2.45, 2.75) is 37.3 Å². The van der Waals surface area contributed by atoms with E-state index < -0.39 is 11.5 Å². The number of rotatable bonds is 6. The first-order valence-corrected chi connectivity index (χ1v) is 7.87. The Morgan fingerprint density at radius 2 is 2.14 bits per heavy atom. The number of carboxylic acid groups (broad SMARTS) is 1. The Hall–Kier alpha value is -1.39. The van der Waals surface area contributed by atoms with Crippen LogP contribution in [0.15, 0.2) is 30.3 Å². The summed E-state index contributed by atoms with van der Waals surface area (Å²) >= 11 is 0. The molecule has 2 fully saturated rings. The molecule has 4 heteroatoms. The molecule has 2 N–H and O–H groups in total. The Balaban J connectivity index is 1.75. The highest BCUT2D eigenvalue weighted by atomic mass is 16.4. The van der Waals surface area contributed by atoms with Crippen LogP contribution in [0.2, 0.25) is 0 Å². The third kappa shape index (κ3) is 2.58. The summed E-state index contributed by atoms with van der Waals surface area (Å²) in [7, 11) is 1.75. The molecular weight excluding hydrogens is 264 g/mol. The quantitative estimate of drug-likeness (QED) is 0.841. The molecule has 1 aliphatic heterocycles. The fourth-order valence-corrected chi connectivity index (χ4v) is 4.09. The third-order valence-electron chi connectivity index (χ3n) is 5.36. The van der Waals surface area contributed by atoms with Crippen LogP contribution in [0.1, 0.15) is 31.2 Å². The number of fused-ring (bicyclic) bond motifs is 2. The average molecular weight is 288 g/mol. The number of nitrogens with one attached hydrogen (secondary N) is 1. The molecule has 3 rings (SSSR count). The molecule has 3 atom stereocenters. The van der Waals surface area contributed by atoms with E-state index in [1.54, 1.807) is 7.05 Å². The van der Waals surface area contributed by atoms with Crippen LogP contribution in [-0.2, 0) is 10.3 Å². The van der Waals surface area contributed by atoms with Gasteiger partial charge in [-0.15, -0.1) is 0 Å². The van der Waals surface area contributed by atoms with Gasteiger partial charge in [-0.1, -0.05) is 30.3 Å². The molecule has 1 aromatic rings. The zero-order valence-corrected chi connectivity index (χ0v) is 12.6. The first kappa shape index (κ1) is 14.5. The van der Waals surface area contributed by atoms with E-state index in [2.05, 4.69) is 10.2 Å². The second-order valence-electron chi connectivity index (χ2n) is 6.40. The molecule has 2 bridgehead atoms. The SMILES string of the molecule is CNC(CCN1CC2CCC1C2)(C(=O)O)c1ccccc1. The van der Waals surface area contributed by atoms with Crippen LogP contribution < -0.4 is 5.32 Å². The first-order chi connectivity index (χ1) is 10.2. The highest BCUT2D eigenvalue weighted by Crippen LogP contribution is 2.38. The molecule has 0 aromatic heterocycles. The fraction of sp³-hybridized carbons (Fsp3) is 0.588. The molecule has 0 amide bonds. The molecule has 1 aliphatic carbocycles. The van der Waals surface area contributed by atoms with Crippen LogP contribution in [-0.4, -0.2) is 42.2 Å². The Morgan fingerprint density at radius 1 is 1.38 bits per heavy atom. The predicted molar refractivity (Wildman–Crippen MR) is 82.1 cm³/mol. The van der Waals surface area contributed by atoms with Gasteiger partial charge in [0.15, 0.2) is 0 Å². The van der Waals surface area contributed by atoms with Gasteiger partial charge in [0.25, 0.3) is 0 Å². The van der Waals surface area contributed by atoms with Crippen molar-refractivity contribution in [2.75, 3.05) is 20.1 Å². The van der Waals surface area contributed by atoms with E-state index in [0.29, 0.717) is 12.5 Å². The summed E-state index contributed by atoms with van der Waals surface area (Å²) in [5, 5.41) is 12.9. The second-order valence-corrected chi connectivity index (χ2v) is 6.40. The molecule has 4 nitrogen and oxygen atoms in total. The Kier molecular flexibility index (Phi) is 4.00. The van der Waals surface area contributed by atoms with E-state index in [4.69, 9.17) is 0 Å². The summed E-state index contributed by atoms with van der Waals surface area (Å²) in [6.07, 6.45) is 4.56. The van der Waals surface area contributed by atoms with E-state index in [9.17, 15) is 9.90 Å². The van der Waals surface area contributed by atoms with Gasteiger partial charge < -0.3 is 15.3 Å². The zero-order chi connectivity index (χ0) is 14.9. The molecule has 2 aliphatic rings. The summed E-state index contributed by atoms with van der Waals surface area (Å²) in [6.45, 7) is 2.00. The minimum atomic E-state index is -0.983.